The Morgan fingerprint density at radius 2 is 1.92 bits per heavy atom. The Labute approximate surface area is 142 Å². The van der Waals surface area contributed by atoms with Gasteiger partial charge in [0.1, 0.15) is 6.61 Å². The van der Waals surface area contributed by atoms with Gasteiger partial charge >= 0.3 is 12.1 Å². The number of esters is 1. The Bertz CT molecular complexity index is 588. The molecule has 1 saturated heterocycles. The SMILES string of the molecule is CCOC(=O)[C@]12CCC[C@H]1N(C(=O)OCc1ccccc1)CCC2. The number of piperidine rings is 1. The van der Waals surface area contributed by atoms with Crippen molar-refractivity contribution in [2.24, 2.45) is 5.41 Å². The van der Waals surface area contributed by atoms with Crippen molar-refractivity contribution in [3.05, 3.63) is 35.9 Å². The van der Waals surface area contributed by atoms with Gasteiger partial charge in [-0.2, -0.15) is 0 Å². The normalized spacial score (nSPS) is 25.9. The van der Waals surface area contributed by atoms with E-state index in [0.717, 1.165) is 37.7 Å². The van der Waals surface area contributed by atoms with Gasteiger partial charge < -0.3 is 14.4 Å². The Morgan fingerprint density at radius 3 is 2.67 bits per heavy atom. The number of hydrogen-bond donors (Lipinski definition) is 0. The molecule has 1 saturated carbocycles. The molecule has 0 bridgehead atoms. The van der Waals surface area contributed by atoms with Gasteiger partial charge in [-0.15, -0.1) is 0 Å². The van der Waals surface area contributed by atoms with Crippen LogP contribution in [0.3, 0.4) is 0 Å². The molecule has 24 heavy (non-hydrogen) atoms. The minimum Gasteiger partial charge on any atom is -0.466 e. The molecular formula is C19H25NO4. The number of benzene rings is 1. The molecule has 2 fully saturated rings. The van der Waals surface area contributed by atoms with Crippen molar-refractivity contribution in [3.8, 4) is 0 Å². The molecule has 0 spiro atoms. The molecule has 5 heteroatoms. The van der Waals surface area contributed by atoms with Gasteiger partial charge in [-0.05, 0) is 38.2 Å². The highest BCUT2D eigenvalue weighted by molar-refractivity contribution is 5.80. The van der Waals surface area contributed by atoms with Gasteiger partial charge in [-0.25, -0.2) is 4.79 Å². The highest BCUT2D eigenvalue weighted by atomic mass is 16.6. The van der Waals surface area contributed by atoms with E-state index in [0.29, 0.717) is 13.2 Å². The van der Waals surface area contributed by atoms with Gasteiger partial charge in [0.15, 0.2) is 0 Å². The zero-order valence-corrected chi connectivity index (χ0v) is 14.2. The van der Waals surface area contributed by atoms with Crippen molar-refractivity contribution < 1.29 is 19.1 Å². The van der Waals surface area contributed by atoms with Crippen LogP contribution in [0.2, 0.25) is 0 Å². The minimum absolute atomic E-state index is 0.0893. The fourth-order valence-electron chi connectivity index (χ4n) is 4.16. The maximum atomic E-state index is 12.6. The summed E-state index contributed by atoms with van der Waals surface area (Å²) in [6.07, 6.45) is 3.90. The summed E-state index contributed by atoms with van der Waals surface area (Å²) in [4.78, 5) is 26.9. The second kappa shape index (κ2) is 7.24. The fourth-order valence-corrected chi connectivity index (χ4v) is 4.16. The standard InChI is InChI=1S/C19H25NO4/c1-2-23-17(21)19-11-6-10-16(19)20(13-7-12-19)18(22)24-14-15-8-4-3-5-9-15/h3-5,8-9,16H,2,6-7,10-14H2,1H3/t16-,19+/m1/s1. The smallest absolute Gasteiger partial charge is 0.410 e. The topological polar surface area (TPSA) is 55.8 Å². The molecule has 2 atom stereocenters. The summed E-state index contributed by atoms with van der Waals surface area (Å²) in [5.41, 5.74) is 0.436. The first-order valence-corrected chi connectivity index (χ1v) is 8.82. The summed E-state index contributed by atoms with van der Waals surface area (Å²) in [5.74, 6) is -0.145. The molecule has 1 aliphatic heterocycles. The average molecular weight is 331 g/mol. The summed E-state index contributed by atoms with van der Waals surface area (Å²) in [7, 11) is 0. The van der Waals surface area contributed by atoms with Gasteiger partial charge in [0.25, 0.3) is 0 Å². The van der Waals surface area contributed by atoms with Crippen LogP contribution in [0.4, 0.5) is 4.79 Å². The lowest BCUT2D eigenvalue weighted by Crippen LogP contribution is -2.55. The summed E-state index contributed by atoms with van der Waals surface area (Å²) in [6, 6.07) is 9.56. The van der Waals surface area contributed by atoms with Crippen LogP contribution in [0.25, 0.3) is 0 Å². The molecule has 1 aromatic carbocycles. The Balaban J connectivity index is 1.69. The van der Waals surface area contributed by atoms with E-state index in [2.05, 4.69) is 0 Å². The largest absolute Gasteiger partial charge is 0.466 e. The summed E-state index contributed by atoms with van der Waals surface area (Å²) in [6.45, 7) is 3.12. The number of likely N-dealkylation sites (tertiary alicyclic amines) is 1. The molecule has 5 nitrogen and oxygen atoms in total. The van der Waals surface area contributed by atoms with Crippen molar-refractivity contribution in [2.45, 2.75) is 51.7 Å². The van der Waals surface area contributed by atoms with Crippen molar-refractivity contribution in [1.29, 1.82) is 0 Å². The number of carbonyl (C=O) groups is 2. The Kier molecular flexibility index (Phi) is 5.07. The summed E-state index contributed by atoms with van der Waals surface area (Å²) in [5, 5.41) is 0. The van der Waals surface area contributed by atoms with Gasteiger partial charge in [-0.1, -0.05) is 36.8 Å². The molecule has 1 aliphatic carbocycles. The lowest BCUT2D eigenvalue weighted by atomic mass is 9.75. The number of nitrogens with zero attached hydrogens (tertiary/aromatic N) is 1. The molecule has 1 amide bonds. The molecule has 0 N–H and O–H groups in total. The first kappa shape index (κ1) is 16.8. The minimum atomic E-state index is -0.528. The molecule has 0 unspecified atom stereocenters. The molecule has 1 heterocycles. The van der Waals surface area contributed by atoms with Crippen LogP contribution >= 0.6 is 0 Å². The average Bonchev–Trinajstić information content (AvgIpc) is 3.06. The summed E-state index contributed by atoms with van der Waals surface area (Å²) < 4.78 is 10.8. The van der Waals surface area contributed by atoms with Gasteiger partial charge in [0, 0.05) is 6.54 Å². The molecule has 0 aromatic heterocycles. The number of amides is 1. The van der Waals surface area contributed by atoms with Crippen molar-refractivity contribution >= 4 is 12.1 Å². The van der Waals surface area contributed by atoms with Crippen LogP contribution in [-0.2, 0) is 20.9 Å². The van der Waals surface area contributed by atoms with Crippen molar-refractivity contribution in [1.82, 2.24) is 4.90 Å². The van der Waals surface area contributed by atoms with E-state index in [-0.39, 0.29) is 24.7 Å². The van der Waals surface area contributed by atoms with Crippen molar-refractivity contribution in [2.75, 3.05) is 13.2 Å². The molecule has 130 valence electrons. The molecule has 0 radical (unpaired) electrons. The van der Waals surface area contributed by atoms with E-state index in [1.807, 2.05) is 37.3 Å². The lowest BCUT2D eigenvalue weighted by molar-refractivity contribution is -0.161. The monoisotopic (exact) mass is 331 g/mol. The highest BCUT2D eigenvalue weighted by Crippen LogP contribution is 2.48. The van der Waals surface area contributed by atoms with Crippen LogP contribution < -0.4 is 0 Å². The first-order valence-electron chi connectivity index (χ1n) is 8.82. The maximum absolute atomic E-state index is 12.6. The predicted molar refractivity (Wildman–Crippen MR) is 89.3 cm³/mol. The number of rotatable bonds is 4. The van der Waals surface area contributed by atoms with Crippen LogP contribution in [0, 0.1) is 5.41 Å². The van der Waals surface area contributed by atoms with E-state index >= 15 is 0 Å². The zero-order chi connectivity index (χ0) is 17.0. The quantitative estimate of drug-likeness (QED) is 0.792. The third-order valence-electron chi connectivity index (χ3n) is 5.26. The highest BCUT2D eigenvalue weighted by Gasteiger charge is 2.55. The Hall–Kier alpha value is -2.04. The van der Waals surface area contributed by atoms with Gasteiger partial charge in [-0.3, -0.25) is 4.79 Å². The number of carbonyl (C=O) groups excluding carboxylic acids is 2. The van der Waals surface area contributed by atoms with Crippen LogP contribution in [0.1, 0.15) is 44.6 Å². The van der Waals surface area contributed by atoms with E-state index < -0.39 is 5.41 Å². The van der Waals surface area contributed by atoms with Gasteiger partial charge in [0.2, 0.25) is 0 Å². The van der Waals surface area contributed by atoms with Gasteiger partial charge in [0.05, 0.1) is 18.1 Å². The molecule has 2 aliphatic rings. The second-order valence-corrected chi connectivity index (χ2v) is 6.62. The van der Waals surface area contributed by atoms with Crippen LogP contribution in [-0.4, -0.2) is 36.2 Å². The second-order valence-electron chi connectivity index (χ2n) is 6.62. The predicted octanol–water partition coefficient (Wildman–Crippen LogP) is 3.52. The lowest BCUT2D eigenvalue weighted by Gasteiger charge is -2.43. The fraction of sp³-hybridized carbons (Fsp3) is 0.579. The summed E-state index contributed by atoms with van der Waals surface area (Å²) >= 11 is 0. The molecular weight excluding hydrogens is 306 g/mol. The first-order chi connectivity index (χ1) is 11.7. The maximum Gasteiger partial charge on any atom is 0.410 e. The zero-order valence-electron chi connectivity index (χ0n) is 14.2. The third kappa shape index (κ3) is 3.12. The number of ether oxygens (including phenoxy) is 2. The Morgan fingerprint density at radius 1 is 1.17 bits per heavy atom. The van der Waals surface area contributed by atoms with E-state index in [9.17, 15) is 9.59 Å². The molecule has 3 rings (SSSR count). The van der Waals surface area contributed by atoms with Crippen LogP contribution in [0.15, 0.2) is 30.3 Å². The van der Waals surface area contributed by atoms with Crippen LogP contribution in [0.5, 0.6) is 0 Å². The number of fused-ring (bicyclic) bond motifs is 1. The number of hydrogen-bond acceptors (Lipinski definition) is 4. The van der Waals surface area contributed by atoms with E-state index in [4.69, 9.17) is 9.47 Å². The van der Waals surface area contributed by atoms with E-state index in [1.54, 1.807) is 4.90 Å². The van der Waals surface area contributed by atoms with Crippen molar-refractivity contribution in [3.63, 3.8) is 0 Å². The molecule has 1 aromatic rings. The van der Waals surface area contributed by atoms with E-state index in [1.165, 1.54) is 0 Å². The third-order valence-corrected chi connectivity index (χ3v) is 5.26.